The van der Waals surface area contributed by atoms with Crippen LogP contribution in [0.1, 0.15) is 46.5 Å². The van der Waals surface area contributed by atoms with Crippen molar-refractivity contribution in [2.75, 3.05) is 0 Å². The SMILES string of the molecule is CC(C)(C)OC(=O)NC1(C2CC(C(=O)O)C2)CC1. The second kappa shape index (κ2) is 4.14. The van der Waals surface area contributed by atoms with Crippen LogP contribution in [0, 0.1) is 11.8 Å². The molecule has 18 heavy (non-hydrogen) atoms. The molecule has 5 nitrogen and oxygen atoms in total. The van der Waals surface area contributed by atoms with Crippen molar-refractivity contribution in [3.63, 3.8) is 0 Å². The third kappa shape index (κ3) is 2.76. The van der Waals surface area contributed by atoms with Crippen LogP contribution in [0.3, 0.4) is 0 Å². The van der Waals surface area contributed by atoms with Crippen molar-refractivity contribution in [1.29, 1.82) is 0 Å². The van der Waals surface area contributed by atoms with E-state index in [1.165, 1.54) is 0 Å². The van der Waals surface area contributed by atoms with Crippen LogP contribution in [0.4, 0.5) is 4.79 Å². The Labute approximate surface area is 107 Å². The van der Waals surface area contributed by atoms with Crippen molar-refractivity contribution < 1.29 is 19.4 Å². The largest absolute Gasteiger partial charge is 0.481 e. The Balaban J connectivity index is 1.83. The van der Waals surface area contributed by atoms with E-state index in [1.54, 1.807) is 0 Å². The van der Waals surface area contributed by atoms with E-state index in [4.69, 9.17) is 9.84 Å². The van der Waals surface area contributed by atoms with Gasteiger partial charge in [-0.25, -0.2) is 4.79 Å². The highest BCUT2D eigenvalue weighted by molar-refractivity contribution is 5.72. The number of nitrogens with one attached hydrogen (secondary N) is 1. The number of carbonyl (C=O) groups is 2. The van der Waals surface area contributed by atoms with E-state index in [1.807, 2.05) is 20.8 Å². The molecule has 0 heterocycles. The molecule has 2 N–H and O–H groups in total. The highest BCUT2D eigenvalue weighted by Crippen LogP contribution is 2.53. The maximum Gasteiger partial charge on any atom is 0.408 e. The van der Waals surface area contributed by atoms with Gasteiger partial charge >= 0.3 is 12.1 Å². The topological polar surface area (TPSA) is 75.6 Å². The Hall–Kier alpha value is -1.26. The average molecular weight is 255 g/mol. The second-order valence-corrected chi connectivity index (χ2v) is 6.49. The molecule has 0 bridgehead atoms. The minimum absolute atomic E-state index is 0.186. The smallest absolute Gasteiger partial charge is 0.408 e. The minimum Gasteiger partial charge on any atom is -0.481 e. The molecule has 2 aliphatic rings. The molecule has 0 aromatic rings. The number of rotatable bonds is 3. The molecule has 0 aromatic heterocycles. The normalized spacial score (nSPS) is 29.1. The fourth-order valence-electron chi connectivity index (χ4n) is 2.55. The molecule has 2 rings (SSSR count). The molecule has 0 aliphatic heterocycles. The van der Waals surface area contributed by atoms with Gasteiger partial charge in [-0.05, 0) is 52.4 Å². The summed E-state index contributed by atoms with van der Waals surface area (Å²) in [6.07, 6.45) is 2.82. The van der Waals surface area contributed by atoms with Crippen LogP contribution in [0.2, 0.25) is 0 Å². The summed E-state index contributed by atoms with van der Waals surface area (Å²) in [4.78, 5) is 22.5. The van der Waals surface area contributed by atoms with Crippen molar-refractivity contribution in [3.8, 4) is 0 Å². The predicted molar refractivity (Wildman–Crippen MR) is 65.2 cm³/mol. The third-order valence-corrected chi connectivity index (χ3v) is 3.81. The summed E-state index contributed by atoms with van der Waals surface area (Å²) >= 11 is 0. The van der Waals surface area contributed by atoms with E-state index >= 15 is 0 Å². The first-order valence-electron chi connectivity index (χ1n) is 6.46. The monoisotopic (exact) mass is 255 g/mol. The van der Waals surface area contributed by atoms with Crippen molar-refractivity contribution >= 4 is 12.1 Å². The van der Waals surface area contributed by atoms with Gasteiger partial charge < -0.3 is 15.2 Å². The number of carboxylic acids is 1. The van der Waals surface area contributed by atoms with Gasteiger partial charge in [0.15, 0.2) is 0 Å². The number of alkyl carbamates (subject to hydrolysis) is 1. The van der Waals surface area contributed by atoms with E-state index in [2.05, 4.69) is 5.32 Å². The first-order valence-corrected chi connectivity index (χ1v) is 6.46. The summed E-state index contributed by atoms with van der Waals surface area (Å²) in [5.41, 5.74) is -0.683. The summed E-state index contributed by atoms with van der Waals surface area (Å²) in [5, 5.41) is 11.8. The minimum atomic E-state index is -0.723. The van der Waals surface area contributed by atoms with Gasteiger partial charge in [-0.2, -0.15) is 0 Å². The Kier molecular flexibility index (Phi) is 3.03. The van der Waals surface area contributed by atoms with Crippen LogP contribution < -0.4 is 5.32 Å². The van der Waals surface area contributed by atoms with Gasteiger partial charge in [-0.3, -0.25) is 4.79 Å². The highest BCUT2D eigenvalue weighted by Gasteiger charge is 2.56. The number of hydrogen-bond donors (Lipinski definition) is 2. The maximum atomic E-state index is 11.7. The van der Waals surface area contributed by atoms with E-state index in [-0.39, 0.29) is 11.5 Å². The van der Waals surface area contributed by atoms with Gasteiger partial charge in [0.2, 0.25) is 0 Å². The van der Waals surface area contributed by atoms with Crippen LogP contribution >= 0.6 is 0 Å². The lowest BCUT2D eigenvalue weighted by atomic mass is 9.70. The molecule has 0 atom stereocenters. The molecular formula is C13H21NO4. The van der Waals surface area contributed by atoms with Crippen LogP contribution in [0.15, 0.2) is 0 Å². The second-order valence-electron chi connectivity index (χ2n) is 6.49. The summed E-state index contributed by atoms with van der Waals surface area (Å²) in [7, 11) is 0. The lowest BCUT2D eigenvalue weighted by Gasteiger charge is -2.39. The highest BCUT2D eigenvalue weighted by atomic mass is 16.6. The average Bonchev–Trinajstić information content (AvgIpc) is 2.76. The zero-order chi connectivity index (χ0) is 13.6. The number of hydrogen-bond acceptors (Lipinski definition) is 3. The van der Waals surface area contributed by atoms with Gasteiger partial charge in [0.05, 0.1) is 5.92 Å². The molecule has 0 unspecified atom stereocenters. The van der Waals surface area contributed by atoms with Gasteiger partial charge in [-0.15, -0.1) is 0 Å². The summed E-state index contributed by atoms with van der Waals surface area (Å²) in [6, 6.07) is 0. The summed E-state index contributed by atoms with van der Waals surface area (Å²) in [5.74, 6) is -0.654. The van der Waals surface area contributed by atoms with E-state index in [9.17, 15) is 9.59 Å². The number of aliphatic carboxylic acids is 1. The lowest BCUT2D eigenvalue weighted by Crippen LogP contribution is -2.50. The summed E-state index contributed by atoms with van der Waals surface area (Å²) in [6.45, 7) is 5.49. The number of amides is 1. The van der Waals surface area contributed by atoms with E-state index < -0.39 is 17.7 Å². The molecule has 0 aromatic carbocycles. The Morgan fingerprint density at radius 1 is 1.28 bits per heavy atom. The molecular weight excluding hydrogens is 234 g/mol. The van der Waals surface area contributed by atoms with Crippen molar-refractivity contribution in [2.24, 2.45) is 11.8 Å². The van der Waals surface area contributed by atoms with E-state index in [0.717, 1.165) is 12.8 Å². The Bertz CT molecular complexity index is 362. The van der Waals surface area contributed by atoms with Gasteiger partial charge in [-0.1, -0.05) is 0 Å². The lowest BCUT2D eigenvalue weighted by molar-refractivity contribution is -0.146. The van der Waals surface area contributed by atoms with Crippen molar-refractivity contribution in [2.45, 2.75) is 57.6 Å². The number of carboxylic acid groups (broad SMARTS) is 1. The molecule has 2 saturated carbocycles. The number of carbonyl (C=O) groups excluding carboxylic acids is 1. The third-order valence-electron chi connectivity index (χ3n) is 3.81. The van der Waals surface area contributed by atoms with Gasteiger partial charge in [0.1, 0.15) is 5.60 Å². The molecule has 2 aliphatic carbocycles. The first-order chi connectivity index (χ1) is 8.22. The Morgan fingerprint density at radius 3 is 2.22 bits per heavy atom. The van der Waals surface area contributed by atoms with Crippen LogP contribution in [-0.4, -0.2) is 28.3 Å². The molecule has 102 valence electrons. The van der Waals surface area contributed by atoms with Gasteiger partial charge in [0, 0.05) is 5.54 Å². The van der Waals surface area contributed by atoms with E-state index in [0.29, 0.717) is 18.8 Å². The molecule has 0 saturated heterocycles. The molecule has 0 spiro atoms. The molecule has 0 radical (unpaired) electrons. The first kappa shape index (κ1) is 13.2. The molecule has 1 amide bonds. The zero-order valence-electron chi connectivity index (χ0n) is 11.2. The maximum absolute atomic E-state index is 11.7. The van der Waals surface area contributed by atoms with Gasteiger partial charge in [0.25, 0.3) is 0 Å². The molecule has 2 fully saturated rings. The quantitative estimate of drug-likeness (QED) is 0.810. The predicted octanol–water partition coefficient (Wildman–Crippen LogP) is 2.15. The van der Waals surface area contributed by atoms with Crippen molar-refractivity contribution in [1.82, 2.24) is 5.32 Å². The number of ether oxygens (including phenoxy) is 1. The van der Waals surface area contributed by atoms with Crippen LogP contribution in [0.25, 0.3) is 0 Å². The fourth-order valence-corrected chi connectivity index (χ4v) is 2.55. The Morgan fingerprint density at radius 2 is 1.83 bits per heavy atom. The van der Waals surface area contributed by atoms with Crippen LogP contribution in [0.5, 0.6) is 0 Å². The summed E-state index contributed by atoms with van der Waals surface area (Å²) < 4.78 is 5.24. The van der Waals surface area contributed by atoms with Crippen LogP contribution in [-0.2, 0) is 9.53 Å². The zero-order valence-corrected chi connectivity index (χ0v) is 11.2. The van der Waals surface area contributed by atoms with Crippen molar-refractivity contribution in [3.05, 3.63) is 0 Å². The fraction of sp³-hybridized carbons (Fsp3) is 0.846. The molecule has 5 heteroatoms. The standard InChI is InChI=1S/C13H21NO4/c1-12(2,3)18-11(17)14-13(4-5-13)9-6-8(7-9)10(15)16/h8-9H,4-7H2,1-3H3,(H,14,17)(H,15,16).